The van der Waals surface area contributed by atoms with Crippen LogP contribution in [0.1, 0.15) is 23.2 Å². The summed E-state index contributed by atoms with van der Waals surface area (Å²) in [6.07, 6.45) is 6.38. The number of aromatic nitrogens is 2. The second-order valence-corrected chi connectivity index (χ2v) is 8.00. The molecular weight excluding hydrogens is 332 g/mol. The van der Waals surface area contributed by atoms with Crippen molar-refractivity contribution in [1.29, 1.82) is 0 Å². The lowest BCUT2D eigenvalue weighted by Crippen LogP contribution is -2.57. The lowest BCUT2D eigenvalue weighted by molar-refractivity contribution is 0.0620. The fourth-order valence-corrected chi connectivity index (χ4v) is 4.98. The minimum atomic E-state index is 0.0385. The Kier molecular flexibility index (Phi) is 3.60. The molecule has 3 fully saturated rings. The predicted octanol–water partition coefficient (Wildman–Crippen LogP) is 2.91. The van der Waals surface area contributed by atoms with Gasteiger partial charge in [0.05, 0.1) is 10.2 Å². The highest BCUT2D eigenvalue weighted by Crippen LogP contribution is 2.29. The molecule has 128 valence electrons. The second-order valence-electron chi connectivity index (χ2n) is 6.99. The third kappa shape index (κ3) is 2.75. The Bertz CT molecular complexity index is 909. The monoisotopic (exact) mass is 352 g/mol. The first kappa shape index (κ1) is 15.1. The molecule has 1 aromatic carbocycles. The van der Waals surface area contributed by atoms with Crippen LogP contribution in [0.5, 0.6) is 0 Å². The molecule has 6 heteroatoms. The third-order valence-corrected chi connectivity index (χ3v) is 6.47. The highest BCUT2D eigenvalue weighted by Gasteiger charge is 2.34. The van der Waals surface area contributed by atoms with E-state index in [0.717, 1.165) is 27.5 Å². The zero-order valence-electron chi connectivity index (χ0n) is 13.9. The summed E-state index contributed by atoms with van der Waals surface area (Å²) in [6.45, 7) is 3.37. The van der Waals surface area contributed by atoms with Crippen molar-refractivity contribution in [2.75, 3.05) is 19.6 Å². The number of nitrogens with zero attached hydrogens (tertiary/aromatic N) is 3. The number of nitrogens with one attached hydrogen (secondary N) is 1. The zero-order valence-corrected chi connectivity index (χ0v) is 14.7. The third-order valence-electron chi connectivity index (χ3n) is 5.44. The molecule has 5 nitrogen and oxygen atoms in total. The van der Waals surface area contributed by atoms with Crippen molar-refractivity contribution in [3.05, 3.63) is 48.3 Å². The van der Waals surface area contributed by atoms with Gasteiger partial charge in [0.2, 0.25) is 0 Å². The summed E-state index contributed by atoms with van der Waals surface area (Å²) in [7, 11) is 0. The van der Waals surface area contributed by atoms with Gasteiger partial charge < -0.3 is 14.8 Å². The summed E-state index contributed by atoms with van der Waals surface area (Å²) >= 11 is 1.61. The molecule has 1 atom stereocenters. The van der Waals surface area contributed by atoms with Gasteiger partial charge in [0.1, 0.15) is 0 Å². The zero-order chi connectivity index (χ0) is 16.8. The number of hydrogen-bond donors (Lipinski definition) is 1. The number of piperidine rings is 3. The predicted molar refractivity (Wildman–Crippen MR) is 99.4 cm³/mol. The van der Waals surface area contributed by atoms with E-state index >= 15 is 0 Å². The molecule has 25 heavy (non-hydrogen) atoms. The maximum atomic E-state index is 12.7. The minimum absolute atomic E-state index is 0.0385. The Balaban J connectivity index is 1.38. The molecule has 3 aromatic rings. The number of fused-ring (bicyclic) bond motifs is 4. The summed E-state index contributed by atoms with van der Waals surface area (Å²) in [6, 6.07) is 10.1. The van der Waals surface area contributed by atoms with Gasteiger partial charge in [-0.1, -0.05) is 11.3 Å². The summed E-state index contributed by atoms with van der Waals surface area (Å²) in [5.41, 5.74) is 1.67. The summed E-state index contributed by atoms with van der Waals surface area (Å²) < 4.78 is 3.04. The molecule has 0 spiro atoms. The highest BCUT2D eigenvalue weighted by molar-refractivity contribution is 7.20. The standard InChI is InChI=1S/C19H20N4OS/c24-18(20-16-12-22-9-5-13(16)6-10-22)14-3-4-15-17(11-14)25-19(21-15)23-7-1-2-8-23/h1-4,7-8,11,13,16H,5-6,9-10,12H2,(H,20,24)/t16-/m0/s1. The first-order valence-corrected chi connectivity index (χ1v) is 9.65. The van der Waals surface area contributed by atoms with Gasteiger partial charge in [0.25, 0.3) is 5.91 Å². The van der Waals surface area contributed by atoms with Crippen LogP contribution in [0.3, 0.4) is 0 Å². The van der Waals surface area contributed by atoms with Crippen molar-refractivity contribution >= 4 is 27.5 Å². The van der Waals surface area contributed by atoms with Crippen LogP contribution in [0, 0.1) is 5.92 Å². The number of hydrogen-bond acceptors (Lipinski definition) is 4. The molecule has 2 bridgehead atoms. The largest absolute Gasteiger partial charge is 0.348 e. The van der Waals surface area contributed by atoms with Crippen molar-refractivity contribution in [2.24, 2.45) is 5.92 Å². The van der Waals surface area contributed by atoms with Gasteiger partial charge in [-0.3, -0.25) is 4.79 Å². The van der Waals surface area contributed by atoms with Gasteiger partial charge in [0, 0.05) is 30.5 Å². The molecule has 0 radical (unpaired) electrons. The quantitative estimate of drug-likeness (QED) is 0.788. The minimum Gasteiger partial charge on any atom is -0.348 e. The van der Waals surface area contributed by atoms with E-state index in [0.29, 0.717) is 12.0 Å². The van der Waals surface area contributed by atoms with Crippen LogP contribution in [-0.2, 0) is 0 Å². The van der Waals surface area contributed by atoms with E-state index in [1.165, 1.54) is 25.9 Å². The molecular formula is C19H20N4OS. The normalized spacial score (nSPS) is 25.4. The van der Waals surface area contributed by atoms with E-state index in [1.54, 1.807) is 11.3 Å². The van der Waals surface area contributed by atoms with E-state index in [9.17, 15) is 4.79 Å². The average molecular weight is 352 g/mol. The lowest BCUT2D eigenvalue weighted by Gasteiger charge is -2.44. The van der Waals surface area contributed by atoms with E-state index in [4.69, 9.17) is 0 Å². The summed E-state index contributed by atoms with van der Waals surface area (Å²) in [4.78, 5) is 19.8. The average Bonchev–Trinajstić information content (AvgIpc) is 3.31. The fourth-order valence-electron chi connectivity index (χ4n) is 4.01. The van der Waals surface area contributed by atoms with E-state index in [2.05, 4.69) is 15.2 Å². The molecule has 3 aliphatic rings. The number of carbonyl (C=O) groups excluding carboxylic acids is 1. The maximum absolute atomic E-state index is 12.7. The molecule has 3 saturated heterocycles. The Morgan fingerprint density at radius 3 is 2.72 bits per heavy atom. The Labute approximate surface area is 150 Å². The molecule has 6 rings (SSSR count). The van der Waals surface area contributed by atoms with Crippen LogP contribution in [-0.4, -0.2) is 46.0 Å². The smallest absolute Gasteiger partial charge is 0.251 e. The van der Waals surface area contributed by atoms with Gasteiger partial charge in [-0.05, 0) is 62.2 Å². The first-order chi connectivity index (χ1) is 12.3. The lowest BCUT2D eigenvalue weighted by atomic mass is 9.84. The topological polar surface area (TPSA) is 50.2 Å². The molecule has 0 aliphatic carbocycles. The maximum Gasteiger partial charge on any atom is 0.251 e. The van der Waals surface area contributed by atoms with Crippen LogP contribution in [0.2, 0.25) is 0 Å². The van der Waals surface area contributed by atoms with Gasteiger partial charge in [0.15, 0.2) is 5.13 Å². The van der Waals surface area contributed by atoms with Gasteiger partial charge in [-0.2, -0.15) is 0 Å². The number of carbonyl (C=O) groups is 1. The molecule has 1 amide bonds. The van der Waals surface area contributed by atoms with E-state index in [1.807, 2.05) is 47.3 Å². The molecule has 2 aromatic heterocycles. The number of thiazole rings is 1. The SMILES string of the molecule is O=C(N[C@H]1CN2CCC1CC2)c1ccc2nc(-n3cccc3)sc2c1. The number of rotatable bonds is 3. The van der Waals surface area contributed by atoms with Crippen LogP contribution in [0.15, 0.2) is 42.7 Å². The Morgan fingerprint density at radius 1 is 1.20 bits per heavy atom. The van der Waals surface area contributed by atoms with Crippen LogP contribution in [0.4, 0.5) is 0 Å². The van der Waals surface area contributed by atoms with Crippen molar-refractivity contribution in [2.45, 2.75) is 18.9 Å². The fraction of sp³-hybridized carbons (Fsp3) is 0.368. The Morgan fingerprint density at radius 2 is 2.00 bits per heavy atom. The molecule has 0 saturated carbocycles. The highest BCUT2D eigenvalue weighted by atomic mass is 32.1. The van der Waals surface area contributed by atoms with Crippen LogP contribution < -0.4 is 5.32 Å². The van der Waals surface area contributed by atoms with E-state index < -0.39 is 0 Å². The molecule has 0 unspecified atom stereocenters. The molecule has 1 N–H and O–H groups in total. The van der Waals surface area contributed by atoms with Gasteiger partial charge >= 0.3 is 0 Å². The molecule has 3 aliphatic heterocycles. The first-order valence-electron chi connectivity index (χ1n) is 8.83. The van der Waals surface area contributed by atoms with Crippen LogP contribution >= 0.6 is 11.3 Å². The van der Waals surface area contributed by atoms with Crippen molar-refractivity contribution in [3.63, 3.8) is 0 Å². The number of amides is 1. The van der Waals surface area contributed by atoms with Gasteiger partial charge in [-0.25, -0.2) is 4.98 Å². The van der Waals surface area contributed by atoms with Crippen molar-refractivity contribution in [1.82, 2.24) is 19.8 Å². The number of benzene rings is 1. The summed E-state index contributed by atoms with van der Waals surface area (Å²) in [5, 5.41) is 4.19. The second kappa shape index (κ2) is 5.97. The van der Waals surface area contributed by atoms with Gasteiger partial charge in [-0.15, -0.1) is 0 Å². The molecule has 5 heterocycles. The van der Waals surface area contributed by atoms with Crippen molar-refractivity contribution < 1.29 is 4.79 Å². The van der Waals surface area contributed by atoms with Crippen LogP contribution in [0.25, 0.3) is 15.3 Å². The van der Waals surface area contributed by atoms with Crippen molar-refractivity contribution in [3.8, 4) is 5.13 Å². The Hall–Kier alpha value is -2.18. The van der Waals surface area contributed by atoms with E-state index in [-0.39, 0.29) is 5.91 Å². The summed E-state index contributed by atoms with van der Waals surface area (Å²) in [5.74, 6) is 0.679.